The molecule has 0 saturated heterocycles. The summed E-state index contributed by atoms with van der Waals surface area (Å²) in [4.78, 5) is 41.8. The van der Waals surface area contributed by atoms with Gasteiger partial charge in [0.1, 0.15) is 0 Å². The fourth-order valence-electron chi connectivity index (χ4n) is 2.29. The van der Waals surface area contributed by atoms with Gasteiger partial charge in [-0.25, -0.2) is 0 Å². The summed E-state index contributed by atoms with van der Waals surface area (Å²) >= 11 is 0. The summed E-state index contributed by atoms with van der Waals surface area (Å²) in [7, 11) is 1.42. The Morgan fingerprint density at radius 2 is 1.97 bits per heavy atom. The van der Waals surface area contributed by atoms with Crippen LogP contribution in [0.4, 0.5) is 0 Å². The molecule has 0 heterocycles. The number of esters is 1. The molecule has 0 saturated carbocycles. The van der Waals surface area contributed by atoms with Gasteiger partial charge in [-0.1, -0.05) is 6.07 Å². The molecule has 0 radical (unpaired) electrons. The molecule has 32 heavy (non-hydrogen) atoms. The highest BCUT2D eigenvalue weighted by Crippen LogP contribution is 2.29. The Balaban J connectivity index is 0.00000961. The van der Waals surface area contributed by atoms with Crippen molar-refractivity contribution < 1.29 is 29.0 Å². The fraction of sp³-hybridized carbons (Fsp3) is 0.421. The van der Waals surface area contributed by atoms with E-state index in [4.69, 9.17) is 20.9 Å². The second kappa shape index (κ2) is 16.2. The number of ether oxygens (including phenoxy) is 2. The zero-order chi connectivity index (χ0) is 23.1. The molecule has 178 valence electrons. The predicted molar refractivity (Wildman–Crippen MR) is 120 cm³/mol. The highest BCUT2D eigenvalue weighted by atomic mass is 35.5. The third-order valence-corrected chi connectivity index (χ3v) is 3.74. The van der Waals surface area contributed by atoms with Crippen molar-refractivity contribution in [2.24, 2.45) is 16.5 Å². The third-order valence-electron chi connectivity index (χ3n) is 3.74. The van der Waals surface area contributed by atoms with E-state index in [9.17, 15) is 19.7 Å². The summed E-state index contributed by atoms with van der Waals surface area (Å²) in [5, 5.41) is 11.9. The van der Waals surface area contributed by atoms with E-state index >= 15 is 0 Å². The standard InChI is InChI=1S/C19H27N5O7.ClH/c1-29-16-13-14(7-9-17(25)22-10-2-3-11-23-19(20)21)6-8-15(16)31-18(26)5-4-12-30-24(27)28;/h6-9,13H,2-5,10-12H2,1H3,(H,22,25)(H4,20,21,23);1H/b9-7+;. The molecule has 13 heteroatoms. The molecule has 12 nitrogen and oxygen atoms in total. The molecule has 0 bridgehead atoms. The van der Waals surface area contributed by atoms with Gasteiger partial charge in [0.15, 0.2) is 17.5 Å². The molecule has 0 unspecified atom stereocenters. The van der Waals surface area contributed by atoms with Crippen molar-refractivity contribution in [3.8, 4) is 11.5 Å². The van der Waals surface area contributed by atoms with Crippen molar-refractivity contribution in [2.75, 3.05) is 26.8 Å². The lowest BCUT2D eigenvalue weighted by molar-refractivity contribution is -0.757. The SMILES string of the molecule is COc1cc(/C=C/C(=O)NCCCCN=C(N)N)ccc1OC(=O)CCCO[N+](=O)[O-].Cl. The summed E-state index contributed by atoms with van der Waals surface area (Å²) in [6, 6.07) is 4.79. The van der Waals surface area contributed by atoms with Gasteiger partial charge >= 0.3 is 5.97 Å². The number of aliphatic imine (C=N–C) groups is 1. The van der Waals surface area contributed by atoms with Crippen LogP contribution in [0, 0.1) is 10.1 Å². The zero-order valence-electron chi connectivity index (χ0n) is 17.7. The molecule has 1 aromatic carbocycles. The number of guanidine groups is 1. The first-order chi connectivity index (χ1) is 14.8. The summed E-state index contributed by atoms with van der Waals surface area (Å²) in [6.07, 6.45) is 4.56. The summed E-state index contributed by atoms with van der Waals surface area (Å²) in [5.74, 6) is -0.284. The van der Waals surface area contributed by atoms with E-state index in [0.717, 1.165) is 12.8 Å². The second-order valence-electron chi connectivity index (χ2n) is 6.18. The van der Waals surface area contributed by atoms with E-state index in [-0.39, 0.29) is 49.5 Å². The molecule has 0 aliphatic carbocycles. The van der Waals surface area contributed by atoms with Gasteiger partial charge in [0, 0.05) is 25.6 Å². The van der Waals surface area contributed by atoms with E-state index in [0.29, 0.717) is 24.4 Å². The molecule has 0 atom stereocenters. The quantitative estimate of drug-likeness (QED) is 0.0522. The number of methoxy groups -OCH3 is 1. The van der Waals surface area contributed by atoms with Gasteiger partial charge in [0.05, 0.1) is 13.7 Å². The summed E-state index contributed by atoms with van der Waals surface area (Å²) in [5.41, 5.74) is 11.1. The van der Waals surface area contributed by atoms with Crippen LogP contribution in [0.15, 0.2) is 29.3 Å². The van der Waals surface area contributed by atoms with Crippen LogP contribution in [0.5, 0.6) is 11.5 Å². The number of halogens is 1. The number of carbonyl (C=O) groups excluding carboxylic acids is 2. The average molecular weight is 474 g/mol. The van der Waals surface area contributed by atoms with E-state index in [1.165, 1.54) is 19.3 Å². The number of hydrogen-bond donors (Lipinski definition) is 3. The maximum absolute atomic E-state index is 11.9. The topological polar surface area (TPSA) is 181 Å². The number of benzene rings is 1. The van der Waals surface area contributed by atoms with Gasteiger partial charge in [-0.05, 0) is 43.0 Å². The first-order valence-electron chi connectivity index (χ1n) is 9.49. The number of carbonyl (C=O) groups is 2. The number of amides is 1. The lowest BCUT2D eigenvalue weighted by Crippen LogP contribution is -2.24. The van der Waals surface area contributed by atoms with Crippen LogP contribution in [0.2, 0.25) is 0 Å². The molecule has 1 amide bonds. The summed E-state index contributed by atoms with van der Waals surface area (Å²) < 4.78 is 10.4. The van der Waals surface area contributed by atoms with Crippen LogP contribution in [-0.4, -0.2) is 49.7 Å². The lowest BCUT2D eigenvalue weighted by Gasteiger charge is -2.10. The van der Waals surface area contributed by atoms with E-state index < -0.39 is 11.1 Å². The molecule has 1 aromatic rings. The molecule has 0 fully saturated rings. The minimum absolute atomic E-state index is 0. The minimum atomic E-state index is -0.921. The molecule has 0 aromatic heterocycles. The Hall–Kier alpha value is -3.54. The van der Waals surface area contributed by atoms with Crippen LogP contribution in [0.3, 0.4) is 0 Å². The average Bonchev–Trinajstić information content (AvgIpc) is 2.72. The van der Waals surface area contributed by atoms with E-state index in [2.05, 4.69) is 15.1 Å². The predicted octanol–water partition coefficient (Wildman–Crippen LogP) is 1.19. The van der Waals surface area contributed by atoms with Crippen LogP contribution < -0.4 is 26.3 Å². The van der Waals surface area contributed by atoms with Crippen LogP contribution in [0.25, 0.3) is 6.08 Å². The van der Waals surface area contributed by atoms with Crippen molar-refractivity contribution in [1.29, 1.82) is 0 Å². The van der Waals surface area contributed by atoms with Gasteiger partial charge in [0.2, 0.25) is 5.91 Å². The number of unbranched alkanes of at least 4 members (excludes halogenated alkanes) is 1. The van der Waals surface area contributed by atoms with Crippen molar-refractivity contribution in [3.05, 3.63) is 40.0 Å². The Morgan fingerprint density at radius 1 is 1.22 bits per heavy atom. The highest BCUT2D eigenvalue weighted by molar-refractivity contribution is 5.91. The third kappa shape index (κ3) is 12.9. The second-order valence-corrected chi connectivity index (χ2v) is 6.18. The Kier molecular flexibility index (Phi) is 14.4. The van der Waals surface area contributed by atoms with Crippen LogP contribution in [0.1, 0.15) is 31.2 Å². The number of nitrogens with one attached hydrogen (secondary N) is 1. The molecule has 5 N–H and O–H groups in total. The number of rotatable bonds is 14. The van der Waals surface area contributed by atoms with Crippen molar-refractivity contribution >= 4 is 36.3 Å². The molecule has 1 rings (SSSR count). The van der Waals surface area contributed by atoms with Gasteiger partial charge in [-0.15, -0.1) is 22.5 Å². The van der Waals surface area contributed by atoms with Crippen molar-refractivity contribution in [2.45, 2.75) is 25.7 Å². The number of nitrogens with two attached hydrogens (primary N) is 2. The normalized spacial score (nSPS) is 10.0. The maximum Gasteiger partial charge on any atom is 0.311 e. The first kappa shape index (κ1) is 28.5. The highest BCUT2D eigenvalue weighted by Gasteiger charge is 2.11. The van der Waals surface area contributed by atoms with Gasteiger partial charge in [0.25, 0.3) is 5.09 Å². The molecular formula is C19H28ClN5O7. The number of hydrogen-bond acceptors (Lipinski definition) is 8. The molecule has 0 spiro atoms. The lowest BCUT2D eigenvalue weighted by atomic mass is 10.2. The van der Waals surface area contributed by atoms with Gasteiger partial charge in [-0.2, -0.15) is 0 Å². The largest absolute Gasteiger partial charge is 0.493 e. The smallest absolute Gasteiger partial charge is 0.311 e. The van der Waals surface area contributed by atoms with Crippen LogP contribution in [-0.2, 0) is 14.4 Å². The van der Waals surface area contributed by atoms with Gasteiger partial charge in [-0.3, -0.25) is 14.6 Å². The van der Waals surface area contributed by atoms with Gasteiger partial charge < -0.3 is 31.1 Å². The zero-order valence-corrected chi connectivity index (χ0v) is 18.5. The monoisotopic (exact) mass is 473 g/mol. The van der Waals surface area contributed by atoms with E-state index in [1.54, 1.807) is 18.2 Å². The maximum atomic E-state index is 11.9. The Bertz CT molecular complexity index is 813. The minimum Gasteiger partial charge on any atom is -0.493 e. The van der Waals surface area contributed by atoms with Crippen LogP contribution >= 0.6 is 12.4 Å². The molecule has 0 aliphatic rings. The summed E-state index contributed by atoms with van der Waals surface area (Å²) in [6.45, 7) is 0.812. The Morgan fingerprint density at radius 3 is 2.62 bits per heavy atom. The first-order valence-corrected chi connectivity index (χ1v) is 9.49. The fourth-order valence-corrected chi connectivity index (χ4v) is 2.29. The van der Waals surface area contributed by atoms with Crippen molar-refractivity contribution in [3.63, 3.8) is 0 Å². The van der Waals surface area contributed by atoms with E-state index in [1.807, 2.05) is 0 Å². The number of nitrogens with zero attached hydrogens (tertiary/aromatic N) is 2. The molecular weight excluding hydrogens is 446 g/mol. The Labute approximate surface area is 191 Å². The van der Waals surface area contributed by atoms with Crippen molar-refractivity contribution in [1.82, 2.24) is 5.32 Å². The molecule has 0 aliphatic heterocycles.